The Morgan fingerprint density at radius 1 is 1.30 bits per heavy atom. The van der Waals surface area contributed by atoms with Gasteiger partial charge in [0.2, 0.25) is 0 Å². The van der Waals surface area contributed by atoms with Crippen molar-refractivity contribution < 1.29 is 8.78 Å². The molecule has 0 heterocycles. The van der Waals surface area contributed by atoms with E-state index in [1.165, 1.54) is 6.07 Å². The van der Waals surface area contributed by atoms with Crippen LogP contribution in [0.5, 0.6) is 0 Å². The van der Waals surface area contributed by atoms with E-state index in [0.717, 1.165) is 17.5 Å². The molecule has 0 aliphatic rings. The SMILES string of the molecule is C=C(C)/C=C\CC(=NCc1c(F)cc(F)cc1C(C)C)N(C)C. The molecule has 0 bridgehead atoms. The normalized spacial score (nSPS) is 12.3. The summed E-state index contributed by atoms with van der Waals surface area (Å²) in [7, 11) is 3.80. The molecule has 0 saturated carbocycles. The smallest absolute Gasteiger partial charge is 0.131 e. The molecule has 4 heteroatoms. The van der Waals surface area contributed by atoms with E-state index in [1.54, 1.807) is 0 Å². The highest BCUT2D eigenvalue weighted by Gasteiger charge is 2.14. The lowest BCUT2D eigenvalue weighted by Gasteiger charge is -2.16. The number of aliphatic imine (C=N–C) groups is 1. The Balaban J connectivity index is 3.06. The van der Waals surface area contributed by atoms with Crippen LogP contribution in [0.2, 0.25) is 0 Å². The second-order valence-electron chi connectivity index (χ2n) is 6.19. The highest BCUT2D eigenvalue weighted by molar-refractivity contribution is 5.83. The molecule has 1 aromatic carbocycles. The maximum atomic E-state index is 14.1. The summed E-state index contributed by atoms with van der Waals surface area (Å²) in [6, 6.07) is 2.32. The lowest BCUT2D eigenvalue weighted by molar-refractivity contribution is 0.562. The van der Waals surface area contributed by atoms with Crippen LogP contribution in [0.3, 0.4) is 0 Å². The Morgan fingerprint density at radius 3 is 2.48 bits per heavy atom. The van der Waals surface area contributed by atoms with Crippen molar-refractivity contribution in [3.8, 4) is 0 Å². The fraction of sp³-hybridized carbons (Fsp3) is 0.421. The molecule has 0 aliphatic heterocycles. The summed E-state index contributed by atoms with van der Waals surface area (Å²) < 4.78 is 27.6. The summed E-state index contributed by atoms with van der Waals surface area (Å²) in [5, 5.41) is 0. The van der Waals surface area contributed by atoms with E-state index in [2.05, 4.69) is 11.6 Å². The zero-order chi connectivity index (χ0) is 17.6. The number of amidine groups is 1. The molecule has 0 amide bonds. The first kappa shape index (κ1) is 19.1. The van der Waals surface area contributed by atoms with Gasteiger partial charge in [0.05, 0.1) is 6.54 Å². The molecule has 1 aromatic rings. The highest BCUT2D eigenvalue weighted by Crippen LogP contribution is 2.24. The number of rotatable bonds is 6. The lowest BCUT2D eigenvalue weighted by atomic mass is 9.96. The molecule has 0 atom stereocenters. The van der Waals surface area contributed by atoms with Gasteiger partial charge in [0, 0.05) is 32.1 Å². The zero-order valence-corrected chi connectivity index (χ0v) is 14.7. The fourth-order valence-corrected chi connectivity index (χ4v) is 2.23. The van der Waals surface area contributed by atoms with Gasteiger partial charge in [-0.3, -0.25) is 4.99 Å². The Morgan fingerprint density at radius 2 is 1.96 bits per heavy atom. The molecule has 0 saturated heterocycles. The molecule has 0 unspecified atom stereocenters. The van der Waals surface area contributed by atoms with Crippen LogP contribution in [0, 0.1) is 11.6 Å². The van der Waals surface area contributed by atoms with Gasteiger partial charge in [-0.2, -0.15) is 0 Å². The molecule has 126 valence electrons. The second-order valence-corrected chi connectivity index (χ2v) is 6.19. The highest BCUT2D eigenvalue weighted by atomic mass is 19.1. The summed E-state index contributed by atoms with van der Waals surface area (Å²) >= 11 is 0. The zero-order valence-electron chi connectivity index (χ0n) is 14.7. The van der Waals surface area contributed by atoms with E-state index in [-0.39, 0.29) is 12.5 Å². The van der Waals surface area contributed by atoms with Crippen molar-refractivity contribution in [3.63, 3.8) is 0 Å². The number of hydrogen-bond donors (Lipinski definition) is 0. The first-order chi connectivity index (χ1) is 10.7. The molecule has 0 radical (unpaired) electrons. The van der Waals surface area contributed by atoms with E-state index in [9.17, 15) is 8.78 Å². The van der Waals surface area contributed by atoms with Crippen LogP contribution in [0.25, 0.3) is 0 Å². The molecule has 0 aromatic heterocycles. The fourth-order valence-electron chi connectivity index (χ4n) is 2.23. The van der Waals surface area contributed by atoms with Gasteiger partial charge in [-0.1, -0.05) is 38.2 Å². The molecule has 0 fully saturated rings. The van der Waals surface area contributed by atoms with Crippen molar-refractivity contribution >= 4 is 5.84 Å². The van der Waals surface area contributed by atoms with Crippen molar-refractivity contribution in [1.29, 1.82) is 0 Å². The Kier molecular flexibility index (Phi) is 7.14. The van der Waals surface area contributed by atoms with Crippen molar-refractivity contribution in [3.05, 3.63) is 59.2 Å². The van der Waals surface area contributed by atoms with Gasteiger partial charge in [-0.15, -0.1) is 0 Å². The Labute approximate surface area is 138 Å². The molecular formula is C19H26F2N2. The summed E-state index contributed by atoms with van der Waals surface area (Å²) in [6.07, 6.45) is 4.54. The van der Waals surface area contributed by atoms with Gasteiger partial charge >= 0.3 is 0 Å². The molecule has 0 spiro atoms. The third kappa shape index (κ3) is 5.97. The van der Waals surface area contributed by atoms with Gasteiger partial charge < -0.3 is 4.90 Å². The van der Waals surface area contributed by atoms with Gasteiger partial charge in [-0.05, 0) is 24.5 Å². The van der Waals surface area contributed by atoms with Crippen molar-refractivity contribution in [1.82, 2.24) is 4.90 Å². The largest absolute Gasteiger partial charge is 0.366 e. The number of nitrogens with zero attached hydrogens (tertiary/aromatic N) is 2. The predicted octanol–water partition coefficient (Wildman–Crippen LogP) is 5.07. The number of halogens is 2. The minimum Gasteiger partial charge on any atom is -0.366 e. The van der Waals surface area contributed by atoms with E-state index in [4.69, 9.17) is 0 Å². The van der Waals surface area contributed by atoms with Crippen LogP contribution in [0.1, 0.15) is 44.2 Å². The van der Waals surface area contributed by atoms with E-state index < -0.39 is 11.6 Å². The molecule has 0 aliphatic carbocycles. The topological polar surface area (TPSA) is 15.6 Å². The molecular weight excluding hydrogens is 294 g/mol. The van der Waals surface area contributed by atoms with Gasteiger partial charge in [0.1, 0.15) is 17.5 Å². The van der Waals surface area contributed by atoms with E-state index in [1.807, 2.05) is 51.9 Å². The summed E-state index contributed by atoms with van der Waals surface area (Å²) in [4.78, 5) is 6.43. The summed E-state index contributed by atoms with van der Waals surface area (Å²) in [5.41, 5.74) is 2.10. The Bertz CT molecular complexity index is 614. The van der Waals surface area contributed by atoms with Gasteiger partial charge in [0.25, 0.3) is 0 Å². The molecule has 2 nitrogen and oxygen atoms in total. The van der Waals surface area contributed by atoms with Gasteiger partial charge in [-0.25, -0.2) is 8.78 Å². The van der Waals surface area contributed by atoms with Crippen LogP contribution in [0.4, 0.5) is 8.78 Å². The maximum absolute atomic E-state index is 14.1. The third-order valence-electron chi connectivity index (χ3n) is 3.46. The van der Waals surface area contributed by atoms with Crippen LogP contribution >= 0.6 is 0 Å². The maximum Gasteiger partial charge on any atom is 0.131 e. The van der Waals surface area contributed by atoms with Crippen LogP contribution in [-0.4, -0.2) is 24.8 Å². The van der Waals surface area contributed by atoms with Crippen LogP contribution in [-0.2, 0) is 6.54 Å². The van der Waals surface area contributed by atoms with Crippen molar-refractivity contribution in [2.45, 2.75) is 39.7 Å². The van der Waals surface area contributed by atoms with Crippen LogP contribution < -0.4 is 0 Å². The summed E-state index contributed by atoms with van der Waals surface area (Å²) in [5.74, 6) is -0.207. The number of benzene rings is 1. The number of allylic oxidation sites excluding steroid dienone is 2. The average Bonchev–Trinajstić information content (AvgIpc) is 2.42. The number of hydrogen-bond acceptors (Lipinski definition) is 1. The van der Waals surface area contributed by atoms with Crippen LogP contribution in [0.15, 0.2) is 41.4 Å². The predicted molar refractivity (Wildman–Crippen MR) is 93.8 cm³/mol. The standard InChI is InChI=1S/C19H26F2N2/c1-13(2)8-7-9-19(23(5)6)22-12-17-16(14(3)4)10-15(20)11-18(17)21/h7-8,10-11,14H,1,9,12H2,2-6H3/b8-7-,22-19?. The minimum atomic E-state index is -0.545. The molecule has 0 N–H and O–H groups in total. The third-order valence-corrected chi connectivity index (χ3v) is 3.46. The van der Waals surface area contributed by atoms with Gasteiger partial charge in [0.15, 0.2) is 0 Å². The first-order valence-corrected chi connectivity index (χ1v) is 7.72. The average molecular weight is 320 g/mol. The molecule has 1 rings (SSSR count). The van der Waals surface area contributed by atoms with Crippen molar-refractivity contribution in [2.24, 2.45) is 4.99 Å². The van der Waals surface area contributed by atoms with Crippen molar-refractivity contribution in [2.75, 3.05) is 14.1 Å². The Hall–Kier alpha value is -1.97. The quantitative estimate of drug-likeness (QED) is 0.406. The van der Waals surface area contributed by atoms with E-state index in [0.29, 0.717) is 17.5 Å². The lowest BCUT2D eigenvalue weighted by Crippen LogP contribution is -2.21. The monoisotopic (exact) mass is 320 g/mol. The molecule has 23 heavy (non-hydrogen) atoms. The first-order valence-electron chi connectivity index (χ1n) is 7.72. The minimum absolute atomic E-state index is 0.0384. The summed E-state index contributed by atoms with van der Waals surface area (Å²) in [6.45, 7) is 9.78. The van der Waals surface area contributed by atoms with E-state index >= 15 is 0 Å². The second kappa shape index (κ2) is 8.61.